The summed E-state index contributed by atoms with van der Waals surface area (Å²) < 4.78 is 5.83. The van der Waals surface area contributed by atoms with Crippen molar-refractivity contribution in [2.24, 2.45) is 4.99 Å². The third-order valence-corrected chi connectivity index (χ3v) is 6.12. The molecule has 0 unspecified atom stereocenters. The zero-order chi connectivity index (χ0) is 17.4. The van der Waals surface area contributed by atoms with Crippen LogP contribution in [0.2, 0.25) is 0 Å². The van der Waals surface area contributed by atoms with Crippen LogP contribution in [0.25, 0.3) is 0 Å². The maximum absolute atomic E-state index is 5.56. The topological polar surface area (TPSA) is 36.9 Å². The van der Waals surface area contributed by atoms with E-state index in [1.807, 2.05) is 7.05 Å². The molecule has 0 atom stereocenters. The molecule has 0 spiro atoms. The SMILES string of the molecule is CCSC1(CNC(=NC)N(C)Cc2ccccc2C)CCOCC1. The van der Waals surface area contributed by atoms with Gasteiger partial charge in [-0.05, 0) is 36.6 Å². The summed E-state index contributed by atoms with van der Waals surface area (Å²) in [5, 5.41) is 3.60. The highest BCUT2D eigenvalue weighted by molar-refractivity contribution is 8.00. The quantitative estimate of drug-likeness (QED) is 0.631. The summed E-state index contributed by atoms with van der Waals surface area (Å²) in [6.07, 6.45) is 2.22. The Labute approximate surface area is 151 Å². The third-order valence-electron chi connectivity index (χ3n) is 4.67. The van der Waals surface area contributed by atoms with Crippen LogP contribution in [0.4, 0.5) is 0 Å². The van der Waals surface area contributed by atoms with Gasteiger partial charge in [-0.3, -0.25) is 4.99 Å². The highest BCUT2D eigenvalue weighted by atomic mass is 32.2. The fourth-order valence-electron chi connectivity index (χ4n) is 3.16. The summed E-state index contributed by atoms with van der Waals surface area (Å²) in [5.74, 6) is 2.10. The summed E-state index contributed by atoms with van der Waals surface area (Å²) in [6.45, 7) is 7.94. The van der Waals surface area contributed by atoms with Crippen molar-refractivity contribution in [1.82, 2.24) is 10.2 Å². The summed E-state index contributed by atoms with van der Waals surface area (Å²) in [6, 6.07) is 8.53. The van der Waals surface area contributed by atoms with Gasteiger partial charge in [0.15, 0.2) is 5.96 Å². The summed E-state index contributed by atoms with van der Waals surface area (Å²) in [5.41, 5.74) is 2.66. The molecule has 1 N–H and O–H groups in total. The van der Waals surface area contributed by atoms with E-state index in [0.29, 0.717) is 0 Å². The van der Waals surface area contributed by atoms with Gasteiger partial charge in [0.1, 0.15) is 0 Å². The smallest absolute Gasteiger partial charge is 0.193 e. The van der Waals surface area contributed by atoms with E-state index in [9.17, 15) is 0 Å². The molecule has 134 valence electrons. The molecule has 0 radical (unpaired) electrons. The minimum atomic E-state index is 0.270. The van der Waals surface area contributed by atoms with Crippen molar-refractivity contribution in [2.45, 2.75) is 38.0 Å². The van der Waals surface area contributed by atoms with Crippen molar-refractivity contribution in [3.63, 3.8) is 0 Å². The van der Waals surface area contributed by atoms with Crippen LogP contribution in [-0.2, 0) is 11.3 Å². The van der Waals surface area contributed by atoms with E-state index in [1.54, 1.807) is 0 Å². The molecule has 1 fully saturated rings. The van der Waals surface area contributed by atoms with Gasteiger partial charge < -0.3 is 15.0 Å². The van der Waals surface area contributed by atoms with E-state index in [4.69, 9.17) is 4.74 Å². The maximum Gasteiger partial charge on any atom is 0.193 e. The molecular weight excluding hydrogens is 318 g/mol. The Bertz CT molecular complexity index is 536. The number of benzene rings is 1. The second kappa shape index (κ2) is 9.33. The third kappa shape index (κ3) is 5.15. The summed E-state index contributed by atoms with van der Waals surface area (Å²) in [7, 11) is 3.96. The second-order valence-electron chi connectivity index (χ2n) is 6.41. The fraction of sp³-hybridized carbons (Fsp3) is 0.632. The molecule has 0 aliphatic carbocycles. The molecule has 0 bridgehead atoms. The molecule has 5 heteroatoms. The van der Waals surface area contributed by atoms with Crippen LogP contribution < -0.4 is 5.32 Å². The lowest BCUT2D eigenvalue weighted by molar-refractivity contribution is 0.0780. The number of nitrogens with zero attached hydrogens (tertiary/aromatic N) is 2. The molecule has 4 nitrogen and oxygen atoms in total. The van der Waals surface area contributed by atoms with Crippen molar-refractivity contribution in [1.29, 1.82) is 0 Å². The van der Waals surface area contributed by atoms with Gasteiger partial charge >= 0.3 is 0 Å². The average molecular weight is 350 g/mol. The van der Waals surface area contributed by atoms with Crippen molar-refractivity contribution in [2.75, 3.05) is 39.6 Å². The first-order chi connectivity index (χ1) is 11.6. The van der Waals surface area contributed by atoms with Crippen LogP contribution in [0, 0.1) is 6.92 Å². The molecule has 0 saturated carbocycles. The van der Waals surface area contributed by atoms with E-state index in [2.05, 4.69) is 72.1 Å². The molecule has 1 aliphatic heterocycles. The number of hydrogen-bond donors (Lipinski definition) is 1. The number of aryl methyl sites for hydroxylation is 1. The van der Waals surface area contributed by atoms with E-state index in [0.717, 1.165) is 50.9 Å². The van der Waals surface area contributed by atoms with Crippen LogP contribution in [0.3, 0.4) is 0 Å². The number of nitrogens with one attached hydrogen (secondary N) is 1. The lowest BCUT2D eigenvalue weighted by atomic mass is 9.99. The van der Waals surface area contributed by atoms with E-state index < -0.39 is 0 Å². The van der Waals surface area contributed by atoms with Crippen LogP contribution >= 0.6 is 11.8 Å². The number of rotatable bonds is 6. The Morgan fingerprint density at radius 2 is 2.04 bits per heavy atom. The lowest BCUT2D eigenvalue weighted by Crippen LogP contribution is -2.48. The zero-order valence-corrected chi connectivity index (χ0v) is 16.3. The molecule has 0 amide bonds. The van der Waals surface area contributed by atoms with Crippen LogP contribution in [0.5, 0.6) is 0 Å². The van der Waals surface area contributed by atoms with E-state index in [-0.39, 0.29) is 4.75 Å². The van der Waals surface area contributed by atoms with Gasteiger partial charge in [0.25, 0.3) is 0 Å². The van der Waals surface area contributed by atoms with Gasteiger partial charge in [0.2, 0.25) is 0 Å². The molecule has 1 aromatic rings. The predicted octanol–water partition coefficient (Wildman–Crippen LogP) is 3.30. The number of thioether (sulfide) groups is 1. The van der Waals surface area contributed by atoms with Crippen LogP contribution in [0.15, 0.2) is 29.3 Å². The first-order valence-electron chi connectivity index (χ1n) is 8.78. The monoisotopic (exact) mass is 349 g/mol. The van der Waals surface area contributed by atoms with Crippen LogP contribution in [-0.4, -0.2) is 55.2 Å². The zero-order valence-electron chi connectivity index (χ0n) is 15.5. The van der Waals surface area contributed by atoms with Crippen LogP contribution in [0.1, 0.15) is 30.9 Å². The van der Waals surface area contributed by atoms with Crippen molar-refractivity contribution in [3.8, 4) is 0 Å². The number of guanidine groups is 1. The number of hydrogen-bond acceptors (Lipinski definition) is 3. The highest BCUT2D eigenvalue weighted by Crippen LogP contribution is 2.34. The van der Waals surface area contributed by atoms with Gasteiger partial charge in [-0.15, -0.1) is 0 Å². The standard InChI is InChI=1S/C19H31N3OS/c1-5-24-19(10-12-23-13-11-19)15-21-18(20-3)22(4)14-17-9-7-6-8-16(17)2/h6-9H,5,10-15H2,1-4H3,(H,20,21). The average Bonchev–Trinajstić information content (AvgIpc) is 2.58. The molecule has 2 rings (SSSR count). The molecule has 24 heavy (non-hydrogen) atoms. The fourth-order valence-corrected chi connectivity index (χ4v) is 4.41. The Balaban J connectivity index is 1.96. The highest BCUT2D eigenvalue weighted by Gasteiger charge is 2.32. The first-order valence-corrected chi connectivity index (χ1v) is 9.77. The minimum absolute atomic E-state index is 0.270. The summed E-state index contributed by atoms with van der Waals surface area (Å²) in [4.78, 5) is 6.68. The van der Waals surface area contributed by atoms with E-state index >= 15 is 0 Å². The number of ether oxygens (including phenoxy) is 1. The Morgan fingerprint density at radius 3 is 2.67 bits per heavy atom. The van der Waals surface area contributed by atoms with Gasteiger partial charge in [0.05, 0.1) is 0 Å². The Hall–Kier alpha value is -1.20. The largest absolute Gasteiger partial charge is 0.381 e. The Kier molecular flexibility index (Phi) is 7.43. The Morgan fingerprint density at radius 1 is 1.33 bits per heavy atom. The van der Waals surface area contributed by atoms with Crippen molar-refractivity contribution in [3.05, 3.63) is 35.4 Å². The lowest BCUT2D eigenvalue weighted by Gasteiger charge is -2.37. The molecule has 1 heterocycles. The summed E-state index contributed by atoms with van der Waals surface area (Å²) >= 11 is 2.05. The van der Waals surface area contributed by atoms with Gasteiger partial charge in [0, 0.05) is 45.1 Å². The second-order valence-corrected chi connectivity index (χ2v) is 8.14. The first kappa shape index (κ1) is 19.1. The number of aliphatic imine (C=N–C) groups is 1. The normalized spacial score (nSPS) is 17.6. The molecule has 1 aliphatic rings. The molecule has 0 aromatic heterocycles. The van der Waals surface area contributed by atoms with E-state index in [1.165, 1.54) is 11.1 Å². The van der Waals surface area contributed by atoms with Gasteiger partial charge in [-0.1, -0.05) is 31.2 Å². The van der Waals surface area contributed by atoms with Crippen molar-refractivity contribution >= 4 is 17.7 Å². The minimum Gasteiger partial charge on any atom is -0.381 e. The molecule has 1 aromatic carbocycles. The van der Waals surface area contributed by atoms with Crippen molar-refractivity contribution < 1.29 is 4.74 Å². The molecule has 1 saturated heterocycles. The molecular formula is C19H31N3OS. The van der Waals surface area contributed by atoms with Gasteiger partial charge in [-0.25, -0.2) is 0 Å². The maximum atomic E-state index is 5.56. The van der Waals surface area contributed by atoms with Gasteiger partial charge in [-0.2, -0.15) is 11.8 Å². The predicted molar refractivity (Wildman–Crippen MR) is 105 cm³/mol.